The van der Waals surface area contributed by atoms with Crippen molar-refractivity contribution in [1.82, 2.24) is 4.90 Å². The Balaban J connectivity index is 2.72. The third-order valence-electron chi connectivity index (χ3n) is 2.20. The van der Waals surface area contributed by atoms with Gasteiger partial charge in [-0.2, -0.15) is 13.2 Å². The Bertz CT molecular complexity index is 515. The van der Waals surface area contributed by atoms with Gasteiger partial charge < -0.3 is 10.2 Å². The van der Waals surface area contributed by atoms with E-state index in [1.807, 2.05) is 0 Å². The number of carbonyl (C=O) groups is 2. The number of nitrogens with one attached hydrogen (secondary N) is 1. The van der Waals surface area contributed by atoms with Gasteiger partial charge in [-0.3, -0.25) is 9.59 Å². The van der Waals surface area contributed by atoms with Crippen LogP contribution in [-0.4, -0.2) is 36.5 Å². The number of rotatable bonds is 3. The summed E-state index contributed by atoms with van der Waals surface area (Å²) in [5.74, 6) is -2.96. The Morgan fingerprint density at radius 3 is 2.20 bits per heavy atom. The van der Waals surface area contributed by atoms with Crippen LogP contribution < -0.4 is 5.32 Å². The van der Waals surface area contributed by atoms with Gasteiger partial charge in [0.25, 0.3) is 0 Å². The van der Waals surface area contributed by atoms with Crippen LogP contribution in [0.1, 0.15) is 0 Å². The zero-order valence-corrected chi connectivity index (χ0v) is 11.6. The van der Waals surface area contributed by atoms with Crippen molar-refractivity contribution in [2.75, 3.05) is 18.9 Å². The summed E-state index contributed by atoms with van der Waals surface area (Å²) in [6, 6.07) is 4.45. The quantitative estimate of drug-likeness (QED) is 0.927. The summed E-state index contributed by atoms with van der Waals surface area (Å²) in [6.07, 6.45) is -5.03. The van der Waals surface area contributed by atoms with E-state index in [4.69, 9.17) is 23.2 Å². The molecule has 0 aromatic heterocycles. The molecular formula is C11H9Cl2F3N2O2. The second kappa shape index (κ2) is 6.32. The van der Waals surface area contributed by atoms with E-state index in [1.54, 1.807) is 6.07 Å². The maximum Gasteiger partial charge on any atom is 0.471 e. The molecule has 1 rings (SSSR count). The van der Waals surface area contributed by atoms with Crippen LogP contribution >= 0.6 is 23.2 Å². The molecule has 0 bridgehead atoms. The minimum absolute atomic E-state index is 0.0775. The second-order valence-corrected chi connectivity index (χ2v) is 4.62. The molecule has 1 aromatic carbocycles. The molecule has 0 aliphatic carbocycles. The molecular weight excluding hydrogens is 320 g/mol. The fourth-order valence-corrected chi connectivity index (χ4v) is 1.79. The summed E-state index contributed by atoms with van der Waals surface area (Å²) in [7, 11) is 0.865. The van der Waals surface area contributed by atoms with Crippen LogP contribution in [0.2, 0.25) is 10.0 Å². The molecule has 1 N–H and O–H groups in total. The lowest BCUT2D eigenvalue weighted by atomic mass is 10.3. The van der Waals surface area contributed by atoms with Gasteiger partial charge in [-0.25, -0.2) is 0 Å². The van der Waals surface area contributed by atoms with E-state index in [0.717, 1.165) is 7.05 Å². The monoisotopic (exact) mass is 328 g/mol. The Morgan fingerprint density at radius 2 is 1.75 bits per heavy atom. The minimum Gasteiger partial charge on any atom is -0.329 e. The Kier molecular flexibility index (Phi) is 5.24. The third-order valence-corrected chi connectivity index (χ3v) is 2.83. The maximum atomic E-state index is 12.1. The molecule has 20 heavy (non-hydrogen) atoms. The van der Waals surface area contributed by atoms with Crippen LogP contribution in [0.25, 0.3) is 0 Å². The lowest BCUT2D eigenvalue weighted by molar-refractivity contribution is -0.184. The van der Waals surface area contributed by atoms with Crippen molar-refractivity contribution in [3.8, 4) is 0 Å². The molecule has 0 unspecified atom stereocenters. The van der Waals surface area contributed by atoms with Crippen molar-refractivity contribution in [2.24, 2.45) is 0 Å². The Labute approximate surface area is 122 Å². The molecule has 4 nitrogen and oxygen atoms in total. The van der Waals surface area contributed by atoms with Crippen molar-refractivity contribution < 1.29 is 22.8 Å². The second-order valence-electron chi connectivity index (χ2n) is 3.80. The van der Waals surface area contributed by atoms with E-state index in [0.29, 0.717) is 0 Å². The van der Waals surface area contributed by atoms with Crippen molar-refractivity contribution in [2.45, 2.75) is 6.18 Å². The topological polar surface area (TPSA) is 49.4 Å². The zero-order valence-electron chi connectivity index (χ0n) is 10.1. The van der Waals surface area contributed by atoms with Crippen molar-refractivity contribution in [1.29, 1.82) is 0 Å². The number of carbonyl (C=O) groups excluding carboxylic acids is 2. The van der Waals surface area contributed by atoms with Crippen molar-refractivity contribution in [3.05, 3.63) is 28.2 Å². The summed E-state index contributed by atoms with van der Waals surface area (Å²) in [4.78, 5) is 22.7. The molecule has 0 spiro atoms. The maximum absolute atomic E-state index is 12.1. The molecule has 0 aliphatic heterocycles. The molecule has 0 saturated heterocycles. The predicted octanol–water partition coefficient (Wildman–Crippen LogP) is 2.95. The molecule has 0 heterocycles. The van der Waals surface area contributed by atoms with Gasteiger partial charge in [0.2, 0.25) is 5.91 Å². The number of benzene rings is 1. The first-order valence-electron chi connectivity index (χ1n) is 5.19. The van der Waals surface area contributed by atoms with Gasteiger partial charge in [0.1, 0.15) is 0 Å². The van der Waals surface area contributed by atoms with E-state index in [1.165, 1.54) is 12.1 Å². The molecule has 110 valence electrons. The van der Waals surface area contributed by atoms with Crippen molar-refractivity contribution in [3.63, 3.8) is 0 Å². The van der Waals surface area contributed by atoms with Crippen molar-refractivity contribution >= 4 is 40.7 Å². The van der Waals surface area contributed by atoms with Crippen LogP contribution in [-0.2, 0) is 9.59 Å². The summed E-state index contributed by atoms with van der Waals surface area (Å²) in [5, 5.41) is 2.52. The molecule has 1 aromatic rings. The Hall–Kier alpha value is -1.47. The lowest BCUT2D eigenvalue weighted by Gasteiger charge is -2.18. The first kappa shape index (κ1) is 16.6. The van der Waals surface area contributed by atoms with Gasteiger partial charge in [0, 0.05) is 7.05 Å². The summed E-state index contributed by atoms with van der Waals surface area (Å²) in [5.41, 5.74) is 0.0775. The Morgan fingerprint density at radius 1 is 1.25 bits per heavy atom. The van der Waals surface area contributed by atoms with Crippen LogP contribution in [0.3, 0.4) is 0 Å². The number of para-hydroxylation sites is 1. The number of hydrogen-bond donors (Lipinski definition) is 1. The fraction of sp³-hybridized carbons (Fsp3) is 0.273. The van der Waals surface area contributed by atoms with Gasteiger partial charge in [-0.15, -0.1) is 0 Å². The van der Waals surface area contributed by atoms with E-state index < -0.39 is 24.5 Å². The summed E-state index contributed by atoms with van der Waals surface area (Å²) >= 11 is 11.6. The highest BCUT2D eigenvalue weighted by Crippen LogP contribution is 2.29. The van der Waals surface area contributed by atoms with Gasteiger partial charge in [-0.1, -0.05) is 29.3 Å². The molecule has 0 saturated carbocycles. The predicted molar refractivity (Wildman–Crippen MR) is 68.8 cm³/mol. The van der Waals surface area contributed by atoms with Crippen LogP contribution in [0, 0.1) is 0 Å². The first-order chi connectivity index (χ1) is 9.12. The standard InChI is InChI=1S/C11H9Cl2F3N2O2/c1-18(10(20)11(14,15)16)5-8(19)17-9-6(12)3-2-4-7(9)13/h2-4H,5H2,1H3,(H,17,19). The number of hydrogen-bond acceptors (Lipinski definition) is 2. The summed E-state index contributed by atoms with van der Waals surface area (Å²) in [6.45, 7) is -0.778. The lowest BCUT2D eigenvalue weighted by Crippen LogP contribution is -2.42. The zero-order chi connectivity index (χ0) is 15.5. The molecule has 0 atom stereocenters. The normalized spacial score (nSPS) is 11.1. The molecule has 0 radical (unpaired) electrons. The fourth-order valence-electron chi connectivity index (χ4n) is 1.30. The average molecular weight is 329 g/mol. The van der Waals surface area contributed by atoms with Gasteiger partial charge >= 0.3 is 12.1 Å². The van der Waals surface area contributed by atoms with E-state index in [-0.39, 0.29) is 20.6 Å². The molecule has 9 heteroatoms. The number of anilines is 1. The third kappa shape index (κ3) is 4.28. The number of alkyl halides is 3. The van der Waals surface area contributed by atoms with E-state index in [2.05, 4.69) is 5.32 Å². The highest BCUT2D eigenvalue weighted by atomic mass is 35.5. The SMILES string of the molecule is CN(CC(=O)Nc1c(Cl)cccc1Cl)C(=O)C(F)(F)F. The van der Waals surface area contributed by atoms with E-state index in [9.17, 15) is 22.8 Å². The highest BCUT2D eigenvalue weighted by Gasteiger charge is 2.41. The highest BCUT2D eigenvalue weighted by molar-refractivity contribution is 6.39. The largest absolute Gasteiger partial charge is 0.471 e. The van der Waals surface area contributed by atoms with Gasteiger partial charge in [0.05, 0.1) is 22.3 Å². The summed E-state index contributed by atoms with van der Waals surface area (Å²) < 4.78 is 36.4. The van der Waals surface area contributed by atoms with Gasteiger partial charge in [0.15, 0.2) is 0 Å². The van der Waals surface area contributed by atoms with Gasteiger partial charge in [-0.05, 0) is 12.1 Å². The van der Waals surface area contributed by atoms with Crippen LogP contribution in [0.4, 0.5) is 18.9 Å². The molecule has 0 aliphatic rings. The smallest absolute Gasteiger partial charge is 0.329 e. The van der Waals surface area contributed by atoms with Crippen LogP contribution in [0.5, 0.6) is 0 Å². The number of amides is 2. The molecule has 2 amide bonds. The first-order valence-corrected chi connectivity index (χ1v) is 5.94. The van der Waals surface area contributed by atoms with Crippen LogP contribution in [0.15, 0.2) is 18.2 Å². The van der Waals surface area contributed by atoms with E-state index >= 15 is 0 Å². The number of halogens is 5. The average Bonchev–Trinajstić information content (AvgIpc) is 2.31. The molecule has 0 fully saturated rings. The number of likely N-dealkylation sites (N-methyl/N-ethyl adjacent to an activating group) is 1. The number of nitrogens with zero attached hydrogens (tertiary/aromatic N) is 1. The minimum atomic E-state index is -5.03.